The van der Waals surface area contributed by atoms with E-state index in [1.54, 1.807) is 10.9 Å². The molecule has 1 aromatic heterocycles. The van der Waals surface area contributed by atoms with Gasteiger partial charge in [0.05, 0.1) is 11.7 Å². The van der Waals surface area contributed by atoms with Crippen LogP contribution in [0.2, 0.25) is 0 Å². The van der Waals surface area contributed by atoms with Gasteiger partial charge in [0, 0.05) is 25.0 Å². The molecule has 0 radical (unpaired) electrons. The molecule has 0 bridgehead atoms. The summed E-state index contributed by atoms with van der Waals surface area (Å²) in [6.45, 7) is 5.74. The Morgan fingerprint density at radius 3 is 2.61 bits per heavy atom. The molecule has 1 heterocycles. The minimum Gasteiger partial charge on any atom is -0.396 e. The second-order valence-electron chi connectivity index (χ2n) is 5.80. The highest BCUT2D eigenvalue weighted by Crippen LogP contribution is 2.20. The molecule has 3 N–H and O–H groups in total. The van der Waals surface area contributed by atoms with Crippen molar-refractivity contribution in [3.05, 3.63) is 48.3 Å². The minimum atomic E-state index is -0.249. The van der Waals surface area contributed by atoms with Gasteiger partial charge in [-0.2, -0.15) is 5.10 Å². The topological polar surface area (TPSA) is 79.2 Å². The Bertz CT molecular complexity index is 627. The Morgan fingerprint density at radius 1 is 1.22 bits per heavy atom. The number of aromatic nitrogens is 2. The van der Waals surface area contributed by atoms with Crippen molar-refractivity contribution in [2.45, 2.75) is 32.9 Å². The van der Waals surface area contributed by atoms with Crippen molar-refractivity contribution in [3.8, 4) is 5.69 Å². The lowest BCUT2D eigenvalue weighted by molar-refractivity contribution is 0.199. The highest BCUT2D eigenvalue weighted by Gasteiger charge is 2.17. The van der Waals surface area contributed by atoms with E-state index in [2.05, 4.69) is 15.7 Å². The van der Waals surface area contributed by atoms with Crippen LogP contribution in [0.15, 0.2) is 42.7 Å². The van der Waals surface area contributed by atoms with E-state index in [0.29, 0.717) is 0 Å². The van der Waals surface area contributed by atoms with Gasteiger partial charge in [-0.1, -0.05) is 25.1 Å². The Morgan fingerprint density at radius 2 is 1.96 bits per heavy atom. The Labute approximate surface area is 136 Å². The summed E-state index contributed by atoms with van der Waals surface area (Å²) in [5, 5.41) is 19.2. The van der Waals surface area contributed by atoms with Crippen molar-refractivity contribution in [2.75, 3.05) is 6.61 Å². The number of benzene rings is 1. The first kappa shape index (κ1) is 17.0. The van der Waals surface area contributed by atoms with Crippen LogP contribution in [0.5, 0.6) is 0 Å². The molecule has 3 atom stereocenters. The van der Waals surface area contributed by atoms with Crippen LogP contribution in [-0.4, -0.2) is 33.6 Å². The fourth-order valence-corrected chi connectivity index (χ4v) is 2.30. The van der Waals surface area contributed by atoms with Crippen LogP contribution < -0.4 is 10.6 Å². The molecule has 3 unspecified atom stereocenters. The van der Waals surface area contributed by atoms with E-state index in [1.165, 1.54) is 0 Å². The van der Waals surface area contributed by atoms with E-state index < -0.39 is 0 Å². The van der Waals surface area contributed by atoms with Gasteiger partial charge < -0.3 is 15.7 Å². The van der Waals surface area contributed by atoms with Crippen LogP contribution in [0.4, 0.5) is 4.79 Å². The third-order valence-corrected chi connectivity index (χ3v) is 4.00. The van der Waals surface area contributed by atoms with Crippen molar-refractivity contribution >= 4 is 6.03 Å². The maximum atomic E-state index is 12.1. The number of nitrogens with one attached hydrogen (secondary N) is 2. The average Bonchev–Trinajstić information content (AvgIpc) is 3.08. The molecule has 1 aromatic carbocycles. The maximum absolute atomic E-state index is 12.1. The van der Waals surface area contributed by atoms with Crippen LogP contribution in [0.1, 0.15) is 32.4 Å². The van der Waals surface area contributed by atoms with E-state index in [4.69, 9.17) is 5.11 Å². The second kappa shape index (κ2) is 7.78. The van der Waals surface area contributed by atoms with E-state index >= 15 is 0 Å². The zero-order valence-electron chi connectivity index (χ0n) is 13.7. The summed E-state index contributed by atoms with van der Waals surface area (Å²) in [7, 11) is 0. The first-order valence-corrected chi connectivity index (χ1v) is 7.79. The molecular weight excluding hydrogens is 292 g/mol. The normalized spacial score (nSPS) is 14.8. The van der Waals surface area contributed by atoms with Gasteiger partial charge in [-0.3, -0.25) is 0 Å². The van der Waals surface area contributed by atoms with Crippen LogP contribution >= 0.6 is 0 Å². The first-order valence-electron chi connectivity index (χ1n) is 7.79. The van der Waals surface area contributed by atoms with Crippen molar-refractivity contribution in [2.24, 2.45) is 5.92 Å². The molecule has 124 valence electrons. The molecule has 2 rings (SSSR count). The van der Waals surface area contributed by atoms with Crippen molar-refractivity contribution < 1.29 is 9.90 Å². The number of urea groups is 1. The largest absolute Gasteiger partial charge is 0.396 e. The van der Waals surface area contributed by atoms with Crippen molar-refractivity contribution in [3.63, 3.8) is 0 Å². The molecule has 0 aliphatic heterocycles. The molecule has 0 aliphatic rings. The number of hydrogen-bond acceptors (Lipinski definition) is 3. The average molecular weight is 316 g/mol. The van der Waals surface area contributed by atoms with Gasteiger partial charge in [0.1, 0.15) is 0 Å². The zero-order valence-corrected chi connectivity index (χ0v) is 13.7. The summed E-state index contributed by atoms with van der Waals surface area (Å²) < 4.78 is 1.78. The molecule has 0 fully saturated rings. The fraction of sp³-hybridized carbons (Fsp3) is 0.412. The number of carbonyl (C=O) groups excluding carboxylic acids is 1. The summed E-state index contributed by atoms with van der Waals surface area (Å²) in [6, 6.07) is 9.16. The van der Waals surface area contributed by atoms with Crippen LogP contribution in [0, 0.1) is 5.92 Å². The van der Waals surface area contributed by atoms with Gasteiger partial charge in [0.2, 0.25) is 0 Å². The molecule has 6 nitrogen and oxygen atoms in total. The number of nitrogens with zero attached hydrogens (tertiary/aromatic N) is 2. The number of carbonyl (C=O) groups is 1. The van der Waals surface area contributed by atoms with E-state index in [-0.39, 0.29) is 30.6 Å². The summed E-state index contributed by atoms with van der Waals surface area (Å²) in [5.74, 6) is 0.00687. The molecule has 2 amide bonds. The van der Waals surface area contributed by atoms with E-state index in [9.17, 15) is 4.79 Å². The van der Waals surface area contributed by atoms with Crippen molar-refractivity contribution in [1.29, 1.82) is 0 Å². The molecule has 0 saturated heterocycles. The third-order valence-electron chi connectivity index (χ3n) is 4.00. The zero-order chi connectivity index (χ0) is 16.8. The molecule has 23 heavy (non-hydrogen) atoms. The Balaban J connectivity index is 2.07. The van der Waals surface area contributed by atoms with Gasteiger partial charge in [-0.25, -0.2) is 9.48 Å². The van der Waals surface area contributed by atoms with Crippen LogP contribution in [-0.2, 0) is 0 Å². The quantitative estimate of drug-likeness (QED) is 0.765. The third kappa shape index (κ3) is 4.32. The maximum Gasteiger partial charge on any atom is 0.315 e. The summed E-state index contributed by atoms with van der Waals surface area (Å²) >= 11 is 0. The molecular formula is C17H24N4O2. The number of aliphatic hydroxyl groups is 1. The molecule has 0 spiro atoms. The second-order valence-corrected chi connectivity index (χ2v) is 5.80. The lowest BCUT2D eigenvalue weighted by Gasteiger charge is -2.22. The number of aliphatic hydroxyl groups excluding tert-OH is 1. The SMILES string of the molecule is CC(NC(=O)NC(C)C(C)CO)c1ccccc1-n1cccn1. The van der Waals surface area contributed by atoms with Gasteiger partial charge in [0.15, 0.2) is 0 Å². The lowest BCUT2D eigenvalue weighted by Crippen LogP contribution is -2.45. The van der Waals surface area contributed by atoms with E-state index in [0.717, 1.165) is 11.3 Å². The van der Waals surface area contributed by atoms with Crippen LogP contribution in [0.25, 0.3) is 5.69 Å². The predicted octanol–water partition coefficient (Wildman–Crippen LogP) is 2.25. The highest BCUT2D eigenvalue weighted by molar-refractivity contribution is 5.75. The molecule has 2 aromatic rings. The monoisotopic (exact) mass is 316 g/mol. The van der Waals surface area contributed by atoms with Crippen molar-refractivity contribution in [1.82, 2.24) is 20.4 Å². The summed E-state index contributed by atoms with van der Waals surface area (Å²) in [6.07, 6.45) is 3.59. The Hall–Kier alpha value is -2.34. The van der Waals surface area contributed by atoms with Gasteiger partial charge in [0.25, 0.3) is 0 Å². The number of para-hydroxylation sites is 1. The standard InChI is InChI=1S/C17H24N4O2/c1-12(11-22)13(2)19-17(23)20-14(3)15-7-4-5-8-16(15)21-10-6-9-18-21/h4-10,12-14,22H,11H2,1-3H3,(H2,19,20,23). The van der Waals surface area contributed by atoms with Gasteiger partial charge in [-0.05, 0) is 37.5 Å². The lowest BCUT2D eigenvalue weighted by atomic mass is 10.1. The summed E-state index contributed by atoms with van der Waals surface area (Å²) in [5.41, 5.74) is 1.91. The molecule has 0 aliphatic carbocycles. The highest BCUT2D eigenvalue weighted by atomic mass is 16.3. The minimum absolute atomic E-state index is 0.00687. The van der Waals surface area contributed by atoms with Gasteiger partial charge in [-0.15, -0.1) is 0 Å². The first-order chi connectivity index (χ1) is 11.0. The van der Waals surface area contributed by atoms with Crippen LogP contribution in [0.3, 0.4) is 0 Å². The predicted molar refractivity (Wildman–Crippen MR) is 89.4 cm³/mol. The number of amides is 2. The molecule has 0 saturated carbocycles. The number of hydrogen-bond donors (Lipinski definition) is 3. The molecule has 6 heteroatoms. The van der Waals surface area contributed by atoms with Gasteiger partial charge >= 0.3 is 6.03 Å². The van der Waals surface area contributed by atoms with E-state index in [1.807, 2.05) is 57.3 Å². The summed E-state index contributed by atoms with van der Waals surface area (Å²) in [4.78, 5) is 12.1. The fourth-order valence-electron chi connectivity index (χ4n) is 2.30. The smallest absolute Gasteiger partial charge is 0.315 e. The Kier molecular flexibility index (Phi) is 5.76. The number of rotatable bonds is 6.